The summed E-state index contributed by atoms with van der Waals surface area (Å²) in [4.78, 5) is 26.6. The third-order valence-corrected chi connectivity index (χ3v) is 6.89. The maximum Gasteiger partial charge on any atom is 0.251 e. The van der Waals surface area contributed by atoms with Gasteiger partial charge in [0.15, 0.2) is 0 Å². The minimum Gasteiger partial charge on any atom is -0.373 e. The van der Waals surface area contributed by atoms with Crippen molar-refractivity contribution >= 4 is 15.9 Å². The zero-order chi connectivity index (χ0) is 21.6. The van der Waals surface area contributed by atoms with E-state index in [-0.39, 0.29) is 29.6 Å². The molecule has 0 bridgehead atoms. The molecule has 2 rings (SSSR count). The van der Waals surface area contributed by atoms with Gasteiger partial charge in [-0.1, -0.05) is 13.8 Å². The molecule has 29 heavy (non-hydrogen) atoms. The predicted molar refractivity (Wildman–Crippen MR) is 110 cm³/mol. The van der Waals surface area contributed by atoms with Crippen LogP contribution in [0.2, 0.25) is 0 Å². The number of pyridine rings is 1. The number of morpholine rings is 1. The number of rotatable bonds is 9. The van der Waals surface area contributed by atoms with Crippen LogP contribution < -0.4 is 10.9 Å². The lowest BCUT2D eigenvalue weighted by atomic mass is 10.2. The van der Waals surface area contributed by atoms with Gasteiger partial charge in [0.2, 0.25) is 15.9 Å². The van der Waals surface area contributed by atoms with Crippen LogP contribution in [0.3, 0.4) is 0 Å². The Morgan fingerprint density at radius 2 is 1.83 bits per heavy atom. The van der Waals surface area contributed by atoms with Crippen molar-refractivity contribution in [1.82, 2.24) is 19.1 Å². The maximum absolute atomic E-state index is 12.6. The minimum absolute atomic E-state index is 0.00453. The molecule has 0 spiro atoms. The van der Waals surface area contributed by atoms with E-state index in [0.29, 0.717) is 26.2 Å². The van der Waals surface area contributed by atoms with Crippen molar-refractivity contribution in [3.8, 4) is 0 Å². The van der Waals surface area contributed by atoms with Gasteiger partial charge in [-0.3, -0.25) is 14.5 Å². The van der Waals surface area contributed by atoms with Gasteiger partial charge in [-0.2, -0.15) is 4.31 Å². The van der Waals surface area contributed by atoms with Gasteiger partial charge < -0.3 is 14.6 Å². The number of amides is 1. The fraction of sp³-hybridized carbons (Fsp3) is 0.684. The molecule has 0 radical (unpaired) electrons. The van der Waals surface area contributed by atoms with Crippen LogP contribution in [0, 0.1) is 0 Å². The molecule has 164 valence electrons. The number of nitrogens with one attached hydrogen (secondary N) is 1. The summed E-state index contributed by atoms with van der Waals surface area (Å²) in [6, 6.07) is 2.46. The van der Waals surface area contributed by atoms with Crippen molar-refractivity contribution in [2.24, 2.45) is 0 Å². The molecule has 2 heterocycles. The van der Waals surface area contributed by atoms with Gasteiger partial charge in [-0.05, 0) is 19.9 Å². The summed E-state index contributed by atoms with van der Waals surface area (Å²) in [5.41, 5.74) is -0.422. The maximum atomic E-state index is 12.6. The number of hydrogen-bond acceptors (Lipinski definition) is 6. The number of ether oxygens (including phenoxy) is 1. The second-order valence-electron chi connectivity index (χ2n) is 7.29. The molecule has 1 aliphatic rings. The monoisotopic (exact) mass is 428 g/mol. The van der Waals surface area contributed by atoms with Crippen molar-refractivity contribution in [2.45, 2.75) is 51.3 Å². The summed E-state index contributed by atoms with van der Waals surface area (Å²) in [6.07, 6.45) is 1.55. The van der Waals surface area contributed by atoms with E-state index in [1.165, 1.54) is 22.6 Å². The van der Waals surface area contributed by atoms with Crippen LogP contribution in [0.1, 0.15) is 27.7 Å². The van der Waals surface area contributed by atoms with E-state index >= 15 is 0 Å². The highest BCUT2D eigenvalue weighted by atomic mass is 32.2. The van der Waals surface area contributed by atoms with Gasteiger partial charge in [0.05, 0.1) is 17.1 Å². The molecule has 1 amide bonds. The average Bonchev–Trinajstić information content (AvgIpc) is 2.63. The number of hydrogen-bond donors (Lipinski definition) is 1. The smallest absolute Gasteiger partial charge is 0.251 e. The van der Waals surface area contributed by atoms with Crippen molar-refractivity contribution in [2.75, 3.05) is 39.3 Å². The second kappa shape index (κ2) is 10.3. The quantitative estimate of drug-likeness (QED) is 0.599. The van der Waals surface area contributed by atoms with E-state index in [2.05, 4.69) is 10.2 Å². The van der Waals surface area contributed by atoms with E-state index in [1.807, 2.05) is 13.8 Å². The Hall–Kier alpha value is -1.75. The Bertz CT molecular complexity index is 840. The van der Waals surface area contributed by atoms with Crippen LogP contribution in [0.5, 0.6) is 0 Å². The Balaban J connectivity index is 1.97. The average molecular weight is 429 g/mol. The summed E-state index contributed by atoms with van der Waals surface area (Å²) in [7, 11) is -3.69. The molecule has 0 aliphatic carbocycles. The lowest BCUT2D eigenvalue weighted by molar-refractivity contribution is -0.121. The molecule has 2 atom stereocenters. The normalized spacial score (nSPS) is 20.7. The van der Waals surface area contributed by atoms with Crippen molar-refractivity contribution < 1.29 is 17.9 Å². The first-order chi connectivity index (χ1) is 13.7. The molecule has 1 aromatic rings. The Labute approximate surface area is 172 Å². The Kier molecular flexibility index (Phi) is 8.38. The van der Waals surface area contributed by atoms with Gasteiger partial charge in [-0.25, -0.2) is 8.42 Å². The molecular weight excluding hydrogens is 396 g/mol. The van der Waals surface area contributed by atoms with E-state index in [1.54, 1.807) is 13.8 Å². The second-order valence-corrected chi connectivity index (χ2v) is 9.23. The molecule has 0 aromatic carbocycles. The number of nitrogens with zero attached hydrogens (tertiary/aromatic N) is 3. The topological polar surface area (TPSA) is 101 Å². The number of sulfonamides is 1. The zero-order valence-electron chi connectivity index (χ0n) is 17.6. The number of carbonyl (C=O) groups is 1. The highest BCUT2D eigenvalue weighted by molar-refractivity contribution is 7.89. The number of aromatic nitrogens is 1. The molecule has 1 N–H and O–H groups in total. The standard InChI is InChI=1S/C19H32N4O5S/c1-5-23(6-2)29(26,27)17-7-8-19(25)22(13-17)14-18(24)20-9-10-21-11-15(3)28-16(4)12-21/h7-8,13,15-16H,5-6,9-12,14H2,1-4H3,(H,20,24)/t15-,16-/m0/s1. The molecule has 9 nitrogen and oxygen atoms in total. The SMILES string of the molecule is CCN(CC)S(=O)(=O)c1ccc(=O)n(CC(=O)NCCN2C[C@H](C)O[C@@H](C)C2)c1. The van der Waals surface area contributed by atoms with Crippen molar-refractivity contribution in [3.63, 3.8) is 0 Å². The van der Waals surface area contributed by atoms with Gasteiger partial charge in [0.1, 0.15) is 6.54 Å². The number of carbonyl (C=O) groups excluding carboxylic acids is 1. The van der Waals surface area contributed by atoms with Gasteiger partial charge in [0.25, 0.3) is 5.56 Å². The van der Waals surface area contributed by atoms with Crippen molar-refractivity contribution in [3.05, 3.63) is 28.7 Å². The summed E-state index contributed by atoms with van der Waals surface area (Å²) in [5, 5.41) is 2.80. The van der Waals surface area contributed by atoms with Crippen LogP contribution >= 0.6 is 0 Å². The van der Waals surface area contributed by atoms with Gasteiger partial charge >= 0.3 is 0 Å². The van der Waals surface area contributed by atoms with E-state index < -0.39 is 15.6 Å². The lowest BCUT2D eigenvalue weighted by Gasteiger charge is -2.35. The summed E-state index contributed by atoms with van der Waals surface area (Å²) in [6.45, 7) is 10.7. The van der Waals surface area contributed by atoms with Crippen LogP contribution in [0.4, 0.5) is 0 Å². The molecule has 1 fully saturated rings. The summed E-state index contributed by atoms with van der Waals surface area (Å²) >= 11 is 0. The molecular formula is C19H32N4O5S. The highest BCUT2D eigenvalue weighted by Gasteiger charge is 2.23. The van der Waals surface area contributed by atoms with Gasteiger partial charge in [-0.15, -0.1) is 0 Å². The first-order valence-corrected chi connectivity index (χ1v) is 11.5. The van der Waals surface area contributed by atoms with Gasteiger partial charge in [0, 0.05) is 51.5 Å². The van der Waals surface area contributed by atoms with Crippen LogP contribution in [-0.2, 0) is 26.1 Å². The Morgan fingerprint density at radius 3 is 2.41 bits per heavy atom. The molecule has 1 aliphatic heterocycles. The van der Waals surface area contributed by atoms with Crippen LogP contribution in [0.15, 0.2) is 28.0 Å². The highest BCUT2D eigenvalue weighted by Crippen LogP contribution is 2.13. The first-order valence-electron chi connectivity index (χ1n) is 10.0. The third kappa shape index (κ3) is 6.36. The summed E-state index contributed by atoms with van der Waals surface area (Å²) < 4.78 is 33.4. The lowest BCUT2D eigenvalue weighted by Crippen LogP contribution is -2.48. The Morgan fingerprint density at radius 1 is 1.21 bits per heavy atom. The fourth-order valence-electron chi connectivity index (χ4n) is 3.53. The van der Waals surface area contributed by atoms with E-state index in [0.717, 1.165) is 17.7 Å². The third-order valence-electron chi connectivity index (χ3n) is 4.86. The molecule has 0 unspecified atom stereocenters. The van der Waals surface area contributed by atoms with E-state index in [9.17, 15) is 18.0 Å². The van der Waals surface area contributed by atoms with Crippen molar-refractivity contribution in [1.29, 1.82) is 0 Å². The molecule has 1 saturated heterocycles. The predicted octanol–water partition coefficient (Wildman–Crippen LogP) is 0.104. The molecule has 0 saturated carbocycles. The molecule has 10 heteroatoms. The zero-order valence-corrected chi connectivity index (χ0v) is 18.4. The molecule has 1 aromatic heterocycles. The van der Waals surface area contributed by atoms with E-state index in [4.69, 9.17) is 4.74 Å². The first kappa shape index (κ1) is 23.5. The minimum atomic E-state index is -3.69. The van der Waals surface area contributed by atoms with Crippen LogP contribution in [-0.4, -0.2) is 79.6 Å². The van der Waals surface area contributed by atoms with Crippen LogP contribution in [0.25, 0.3) is 0 Å². The summed E-state index contributed by atoms with van der Waals surface area (Å²) in [5.74, 6) is -0.334. The fourth-order valence-corrected chi connectivity index (χ4v) is 5.01. The largest absolute Gasteiger partial charge is 0.373 e.